The van der Waals surface area contributed by atoms with Crippen LogP contribution < -0.4 is 4.90 Å². The number of anilines is 1. The van der Waals surface area contributed by atoms with E-state index in [0.29, 0.717) is 57.7 Å². The van der Waals surface area contributed by atoms with Crippen molar-refractivity contribution >= 4 is 29.2 Å². The lowest BCUT2D eigenvalue weighted by Crippen LogP contribution is -2.47. The molecule has 0 aliphatic carbocycles. The molecule has 0 unspecified atom stereocenters. The van der Waals surface area contributed by atoms with Crippen molar-refractivity contribution in [3.63, 3.8) is 0 Å². The van der Waals surface area contributed by atoms with Crippen LogP contribution in [-0.2, 0) is 15.8 Å². The highest BCUT2D eigenvalue weighted by atomic mass is 35.5. The van der Waals surface area contributed by atoms with Crippen LogP contribution in [0.15, 0.2) is 12.3 Å². The quantitative estimate of drug-likeness (QED) is 0.593. The molecule has 0 saturated carbocycles. The number of piperidine rings is 2. The van der Waals surface area contributed by atoms with Crippen molar-refractivity contribution in [2.75, 3.05) is 44.7 Å². The number of nitrogens with zero attached hydrogens (tertiary/aromatic N) is 4. The summed E-state index contributed by atoms with van der Waals surface area (Å²) in [5.74, 6) is 0.442. The fourth-order valence-electron chi connectivity index (χ4n) is 4.58. The maximum Gasteiger partial charge on any atom is 0.417 e. The third-order valence-corrected chi connectivity index (χ3v) is 6.95. The van der Waals surface area contributed by atoms with E-state index in [9.17, 15) is 22.8 Å². The van der Waals surface area contributed by atoms with Gasteiger partial charge in [0.25, 0.3) is 0 Å². The zero-order chi connectivity index (χ0) is 24.2. The molecule has 3 rings (SSSR count). The van der Waals surface area contributed by atoms with Crippen LogP contribution >= 0.6 is 11.6 Å². The summed E-state index contributed by atoms with van der Waals surface area (Å²) >= 11 is 6.07. The monoisotopic (exact) mass is 488 g/mol. The predicted molar refractivity (Wildman–Crippen MR) is 121 cm³/mol. The van der Waals surface area contributed by atoms with Gasteiger partial charge in [-0.1, -0.05) is 24.9 Å². The smallest absolute Gasteiger partial charge is 0.355 e. The molecule has 0 N–H and O–H groups in total. The molecule has 2 aliphatic rings. The molecule has 0 atom stereocenters. The number of aromatic nitrogens is 1. The molecule has 2 amide bonds. The lowest BCUT2D eigenvalue weighted by Gasteiger charge is -2.38. The van der Waals surface area contributed by atoms with Crippen LogP contribution in [0.5, 0.6) is 0 Å². The van der Waals surface area contributed by atoms with Gasteiger partial charge in [0.2, 0.25) is 11.8 Å². The maximum atomic E-state index is 13.0. The molecular formula is C23H32ClF3N4O2. The Balaban J connectivity index is 1.49. The molecule has 0 spiro atoms. The Morgan fingerprint density at radius 1 is 1.12 bits per heavy atom. The van der Waals surface area contributed by atoms with Crippen molar-refractivity contribution in [3.05, 3.63) is 22.8 Å². The normalized spacial score (nSPS) is 18.5. The van der Waals surface area contributed by atoms with Crippen LogP contribution in [0.3, 0.4) is 0 Å². The number of carbonyl (C=O) groups excluding carboxylic acids is 2. The molecule has 6 nitrogen and oxygen atoms in total. The van der Waals surface area contributed by atoms with E-state index in [4.69, 9.17) is 11.6 Å². The highest BCUT2D eigenvalue weighted by molar-refractivity contribution is 6.33. The summed E-state index contributed by atoms with van der Waals surface area (Å²) < 4.78 is 38.5. The molecular weight excluding hydrogens is 457 g/mol. The first kappa shape index (κ1) is 25.6. The van der Waals surface area contributed by atoms with E-state index in [2.05, 4.69) is 11.9 Å². The Morgan fingerprint density at radius 2 is 1.73 bits per heavy atom. The van der Waals surface area contributed by atoms with E-state index in [0.717, 1.165) is 31.6 Å². The number of carbonyl (C=O) groups is 2. The van der Waals surface area contributed by atoms with Crippen LogP contribution in [0, 0.1) is 11.8 Å². The topological polar surface area (TPSA) is 56.8 Å². The van der Waals surface area contributed by atoms with E-state index in [1.165, 1.54) is 0 Å². The Bertz CT molecular complexity index is 835. The number of alkyl halides is 3. The molecule has 2 fully saturated rings. The number of pyridine rings is 1. The van der Waals surface area contributed by atoms with Gasteiger partial charge < -0.3 is 14.7 Å². The average Bonchev–Trinajstić information content (AvgIpc) is 2.81. The van der Waals surface area contributed by atoms with E-state index in [1.54, 1.807) is 0 Å². The Morgan fingerprint density at radius 3 is 2.27 bits per heavy atom. The average molecular weight is 489 g/mol. The van der Waals surface area contributed by atoms with Crippen LogP contribution in [-0.4, -0.2) is 66.4 Å². The molecule has 0 aromatic carbocycles. The molecule has 184 valence electrons. The van der Waals surface area contributed by atoms with Gasteiger partial charge in [0, 0.05) is 57.8 Å². The first-order valence-electron chi connectivity index (χ1n) is 11.6. The SMILES string of the molecule is CCCCN(C)C(=O)C1CCN(C(=O)C2CCN(c3ncc(C(F)(F)F)cc3Cl)CC2)CC1. The summed E-state index contributed by atoms with van der Waals surface area (Å²) in [7, 11) is 1.85. The van der Waals surface area contributed by atoms with Gasteiger partial charge in [-0.3, -0.25) is 9.59 Å². The van der Waals surface area contributed by atoms with Gasteiger partial charge in [-0.2, -0.15) is 13.2 Å². The Labute approximate surface area is 198 Å². The van der Waals surface area contributed by atoms with E-state index < -0.39 is 11.7 Å². The second-order valence-corrected chi connectivity index (χ2v) is 9.41. The second kappa shape index (κ2) is 10.9. The number of rotatable bonds is 6. The van der Waals surface area contributed by atoms with Crippen molar-refractivity contribution in [2.24, 2.45) is 11.8 Å². The number of hydrogen-bond acceptors (Lipinski definition) is 4. The van der Waals surface area contributed by atoms with Crippen LogP contribution in [0.2, 0.25) is 5.02 Å². The maximum absolute atomic E-state index is 13.0. The highest BCUT2D eigenvalue weighted by Crippen LogP contribution is 2.35. The molecule has 2 saturated heterocycles. The van der Waals surface area contributed by atoms with Crippen LogP contribution in [0.25, 0.3) is 0 Å². The van der Waals surface area contributed by atoms with Gasteiger partial charge in [-0.05, 0) is 38.2 Å². The number of unbranched alkanes of at least 4 members (excludes halogenated alkanes) is 1. The van der Waals surface area contributed by atoms with Gasteiger partial charge >= 0.3 is 6.18 Å². The molecule has 1 aromatic rings. The molecule has 33 heavy (non-hydrogen) atoms. The van der Waals surface area contributed by atoms with Crippen molar-refractivity contribution in [3.8, 4) is 0 Å². The van der Waals surface area contributed by atoms with Crippen molar-refractivity contribution in [1.82, 2.24) is 14.8 Å². The standard InChI is InChI=1S/C23H32ClF3N4O2/c1-3-4-9-29(2)21(32)16-7-12-31(13-8-16)22(33)17-5-10-30(11-6-17)20-19(24)14-18(15-28-20)23(25,26)27/h14-17H,3-13H2,1-2H3. The van der Waals surface area contributed by atoms with Crippen molar-refractivity contribution < 1.29 is 22.8 Å². The fourth-order valence-corrected chi connectivity index (χ4v) is 4.86. The van der Waals surface area contributed by atoms with Gasteiger partial charge in [-0.25, -0.2) is 4.98 Å². The fraction of sp³-hybridized carbons (Fsp3) is 0.696. The second-order valence-electron chi connectivity index (χ2n) is 9.00. The lowest BCUT2D eigenvalue weighted by molar-refractivity contribution is -0.142. The number of likely N-dealkylation sites (tertiary alicyclic amines) is 1. The van der Waals surface area contributed by atoms with Gasteiger partial charge in [0.15, 0.2) is 0 Å². The minimum Gasteiger partial charge on any atom is -0.355 e. The van der Waals surface area contributed by atoms with Gasteiger partial charge in [-0.15, -0.1) is 0 Å². The first-order chi connectivity index (χ1) is 15.6. The molecule has 0 bridgehead atoms. The van der Waals surface area contributed by atoms with E-state index >= 15 is 0 Å². The summed E-state index contributed by atoms with van der Waals surface area (Å²) in [5, 5.41) is -0.0368. The van der Waals surface area contributed by atoms with Gasteiger partial charge in [0.1, 0.15) is 5.82 Å². The van der Waals surface area contributed by atoms with Crippen molar-refractivity contribution in [2.45, 2.75) is 51.6 Å². The van der Waals surface area contributed by atoms with Crippen LogP contribution in [0.4, 0.5) is 19.0 Å². The van der Waals surface area contributed by atoms with Gasteiger partial charge in [0.05, 0.1) is 10.6 Å². The molecule has 0 radical (unpaired) electrons. The summed E-state index contributed by atoms with van der Waals surface area (Å²) in [6.45, 7) is 5.05. The molecule has 10 heteroatoms. The van der Waals surface area contributed by atoms with E-state index in [-0.39, 0.29) is 28.7 Å². The highest BCUT2D eigenvalue weighted by Gasteiger charge is 2.35. The Hall–Kier alpha value is -2.03. The third-order valence-electron chi connectivity index (χ3n) is 6.67. The third kappa shape index (κ3) is 6.31. The largest absolute Gasteiger partial charge is 0.417 e. The summed E-state index contributed by atoms with van der Waals surface area (Å²) in [5.41, 5.74) is -0.875. The minimum atomic E-state index is -4.49. The first-order valence-corrected chi connectivity index (χ1v) is 12.0. The van der Waals surface area contributed by atoms with Crippen LogP contribution in [0.1, 0.15) is 51.0 Å². The minimum absolute atomic E-state index is 0.0226. The lowest BCUT2D eigenvalue weighted by atomic mass is 9.91. The Kier molecular flexibility index (Phi) is 8.48. The zero-order valence-electron chi connectivity index (χ0n) is 19.2. The summed E-state index contributed by atoms with van der Waals surface area (Å²) in [4.78, 5) is 35.0. The molecule has 3 heterocycles. The number of hydrogen-bond donors (Lipinski definition) is 0. The number of halogens is 4. The number of amides is 2. The van der Waals surface area contributed by atoms with E-state index in [1.807, 2.05) is 21.7 Å². The predicted octanol–water partition coefficient (Wildman–Crippen LogP) is 4.47. The zero-order valence-corrected chi connectivity index (χ0v) is 20.0. The molecule has 1 aromatic heterocycles. The summed E-state index contributed by atoms with van der Waals surface area (Å²) in [6.07, 6.45) is 0.903. The molecule has 2 aliphatic heterocycles. The summed E-state index contributed by atoms with van der Waals surface area (Å²) in [6, 6.07) is 0.895. The van der Waals surface area contributed by atoms with Crippen molar-refractivity contribution in [1.29, 1.82) is 0 Å².